The first-order chi connectivity index (χ1) is 18.9. The molecule has 1 saturated carbocycles. The quantitative estimate of drug-likeness (QED) is 0.351. The van der Waals surface area contributed by atoms with Crippen LogP contribution in [0.1, 0.15) is 39.9 Å². The average Bonchev–Trinajstić information content (AvgIpc) is 3.71. The number of sulfonamides is 1. The van der Waals surface area contributed by atoms with Gasteiger partial charge in [0.05, 0.1) is 10.8 Å². The number of aromatic carboxylic acids is 1. The summed E-state index contributed by atoms with van der Waals surface area (Å²) in [5, 5.41) is 10.8. The number of aromatic nitrogens is 1. The molecule has 0 atom stereocenters. The number of piperazine rings is 1. The first-order valence-electron chi connectivity index (χ1n) is 13.1. The summed E-state index contributed by atoms with van der Waals surface area (Å²) >= 11 is 0. The Morgan fingerprint density at radius 1 is 0.949 bits per heavy atom. The number of fused-ring (bicyclic) bond motifs is 1. The zero-order valence-electron chi connectivity index (χ0n) is 21.4. The van der Waals surface area contributed by atoms with Gasteiger partial charge in [0.25, 0.3) is 0 Å². The second-order valence-electron chi connectivity index (χ2n) is 10.2. The molecule has 198 valence electrons. The molecule has 7 nitrogen and oxygen atoms in total. The maximum Gasteiger partial charge on any atom is 0.336 e. The zero-order valence-corrected chi connectivity index (χ0v) is 22.2. The van der Waals surface area contributed by atoms with Gasteiger partial charge < -0.3 is 10.1 Å². The molecule has 2 fully saturated rings. The first-order valence-corrected chi connectivity index (χ1v) is 14.6. The number of H-pyrrole nitrogens is 1. The molecule has 1 saturated heterocycles. The summed E-state index contributed by atoms with van der Waals surface area (Å²) in [6, 6.07) is 21.1. The number of nitrogens with one attached hydrogen (secondary N) is 1. The number of carboxylic acid groups (broad SMARTS) is 1. The maximum absolute atomic E-state index is 12.5. The van der Waals surface area contributed by atoms with Crippen LogP contribution in [0.25, 0.3) is 22.0 Å². The molecule has 0 radical (unpaired) electrons. The number of aromatic amines is 1. The molecule has 1 aliphatic heterocycles. The van der Waals surface area contributed by atoms with Gasteiger partial charge in [0.2, 0.25) is 10.0 Å². The number of hydrogen-bond acceptors (Lipinski definition) is 4. The van der Waals surface area contributed by atoms with Crippen LogP contribution in [0.2, 0.25) is 0 Å². The Morgan fingerprint density at radius 3 is 2.44 bits per heavy atom. The van der Waals surface area contributed by atoms with Crippen LogP contribution in [-0.2, 0) is 16.6 Å². The van der Waals surface area contributed by atoms with E-state index < -0.39 is 16.0 Å². The summed E-state index contributed by atoms with van der Waals surface area (Å²) in [7, 11) is -3.10. The SMILES string of the molecule is O=C(O)c1cccc(C#Cc2ccc(CN3CCN(S(=O)(=O)C4CC4)CC3)cc2)c1-c1ccc2cc[nH]c2c1. The molecule has 0 unspecified atom stereocenters. The van der Waals surface area contributed by atoms with Crippen molar-refractivity contribution in [2.45, 2.75) is 24.6 Å². The summed E-state index contributed by atoms with van der Waals surface area (Å²) < 4.78 is 26.6. The minimum atomic E-state index is -3.10. The molecule has 2 N–H and O–H groups in total. The van der Waals surface area contributed by atoms with Crippen molar-refractivity contribution >= 4 is 26.9 Å². The second kappa shape index (κ2) is 10.3. The summed E-state index contributed by atoms with van der Waals surface area (Å²) in [6.07, 6.45) is 3.46. The van der Waals surface area contributed by atoms with Crippen LogP contribution in [0, 0.1) is 11.8 Å². The van der Waals surface area contributed by atoms with Crippen molar-refractivity contribution in [3.05, 3.63) is 95.2 Å². The van der Waals surface area contributed by atoms with E-state index in [1.807, 2.05) is 60.8 Å². The van der Waals surface area contributed by atoms with Crippen molar-refractivity contribution in [2.75, 3.05) is 26.2 Å². The van der Waals surface area contributed by atoms with Crippen molar-refractivity contribution in [3.63, 3.8) is 0 Å². The van der Waals surface area contributed by atoms with Gasteiger partial charge in [-0.1, -0.05) is 42.2 Å². The first kappa shape index (κ1) is 25.4. The fourth-order valence-corrected chi connectivity index (χ4v) is 6.98. The average molecular weight is 540 g/mol. The summed E-state index contributed by atoms with van der Waals surface area (Å²) in [5.41, 5.74) is 5.20. The Morgan fingerprint density at radius 2 is 1.72 bits per heavy atom. The predicted molar refractivity (Wildman–Crippen MR) is 152 cm³/mol. The smallest absolute Gasteiger partial charge is 0.336 e. The zero-order chi connectivity index (χ0) is 27.0. The van der Waals surface area contributed by atoms with Gasteiger partial charge in [-0.2, -0.15) is 4.31 Å². The third-order valence-electron chi connectivity index (χ3n) is 7.48. The second-order valence-corrected chi connectivity index (χ2v) is 12.4. The van der Waals surface area contributed by atoms with Gasteiger partial charge in [-0.05, 0) is 65.8 Å². The third kappa shape index (κ3) is 5.34. The number of carboxylic acids is 1. The number of nitrogens with zero attached hydrogens (tertiary/aromatic N) is 2. The lowest BCUT2D eigenvalue weighted by atomic mass is 9.93. The molecule has 0 amide bonds. The van der Waals surface area contributed by atoms with Gasteiger partial charge >= 0.3 is 5.97 Å². The minimum absolute atomic E-state index is 0.150. The molecule has 1 aromatic heterocycles. The van der Waals surface area contributed by atoms with Crippen LogP contribution < -0.4 is 0 Å². The van der Waals surface area contributed by atoms with E-state index in [1.165, 1.54) is 0 Å². The lowest BCUT2D eigenvalue weighted by molar-refractivity contribution is 0.0697. The van der Waals surface area contributed by atoms with Crippen LogP contribution in [0.15, 0.2) is 72.9 Å². The van der Waals surface area contributed by atoms with Crippen LogP contribution in [0.4, 0.5) is 0 Å². The van der Waals surface area contributed by atoms with E-state index in [9.17, 15) is 18.3 Å². The Bertz CT molecular complexity index is 1700. The topological polar surface area (TPSA) is 93.7 Å². The monoisotopic (exact) mass is 539 g/mol. The number of carbonyl (C=O) groups is 1. The molecule has 6 rings (SSSR count). The molecule has 4 aromatic rings. The number of hydrogen-bond donors (Lipinski definition) is 2. The van der Waals surface area contributed by atoms with E-state index >= 15 is 0 Å². The highest BCUT2D eigenvalue weighted by molar-refractivity contribution is 7.90. The Labute approximate surface area is 228 Å². The van der Waals surface area contributed by atoms with E-state index in [-0.39, 0.29) is 10.8 Å². The van der Waals surface area contributed by atoms with Crippen molar-refractivity contribution in [2.24, 2.45) is 0 Å². The van der Waals surface area contributed by atoms with Crippen molar-refractivity contribution < 1.29 is 18.3 Å². The summed E-state index contributed by atoms with van der Waals surface area (Å²) in [4.78, 5) is 17.5. The van der Waals surface area contributed by atoms with Crippen LogP contribution in [-0.4, -0.2) is 65.1 Å². The molecule has 3 aromatic carbocycles. The van der Waals surface area contributed by atoms with Crippen molar-refractivity contribution in [3.8, 4) is 23.0 Å². The van der Waals surface area contributed by atoms with Crippen LogP contribution in [0.3, 0.4) is 0 Å². The molecule has 0 spiro atoms. The Hall–Kier alpha value is -3.90. The van der Waals surface area contributed by atoms with E-state index in [4.69, 9.17) is 0 Å². The Kier molecular flexibility index (Phi) is 6.73. The Balaban J connectivity index is 1.18. The van der Waals surface area contributed by atoms with E-state index in [0.717, 1.165) is 60.1 Å². The largest absolute Gasteiger partial charge is 0.478 e. The minimum Gasteiger partial charge on any atom is -0.478 e. The van der Waals surface area contributed by atoms with Crippen molar-refractivity contribution in [1.29, 1.82) is 0 Å². The van der Waals surface area contributed by atoms with Gasteiger partial charge in [-0.25, -0.2) is 13.2 Å². The lowest BCUT2D eigenvalue weighted by Gasteiger charge is -2.34. The number of benzene rings is 3. The van der Waals surface area contributed by atoms with Gasteiger partial charge in [0, 0.05) is 61.1 Å². The molecule has 2 heterocycles. The van der Waals surface area contributed by atoms with E-state index in [1.54, 1.807) is 16.4 Å². The molecule has 39 heavy (non-hydrogen) atoms. The highest BCUT2D eigenvalue weighted by atomic mass is 32.2. The lowest BCUT2D eigenvalue weighted by Crippen LogP contribution is -2.49. The summed E-state index contributed by atoms with van der Waals surface area (Å²) in [5.74, 6) is 5.41. The maximum atomic E-state index is 12.5. The molecular weight excluding hydrogens is 510 g/mol. The van der Waals surface area contributed by atoms with E-state index in [0.29, 0.717) is 24.2 Å². The van der Waals surface area contributed by atoms with E-state index in [2.05, 4.69) is 21.7 Å². The summed E-state index contributed by atoms with van der Waals surface area (Å²) in [6.45, 7) is 3.32. The normalized spacial score (nSPS) is 16.6. The third-order valence-corrected chi connectivity index (χ3v) is 9.88. The van der Waals surface area contributed by atoms with Crippen LogP contribution >= 0.6 is 0 Å². The molecule has 0 bridgehead atoms. The fraction of sp³-hybridized carbons (Fsp3) is 0.258. The van der Waals surface area contributed by atoms with Crippen molar-refractivity contribution in [1.82, 2.24) is 14.2 Å². The molecular formula is C31H29N3O4S. The molecule has 8 heteroatoms. The van der Waals surface area contributed by atoms with Gasteiger partial charge in [0.15, 0.2) is 0 Å². The van der Waals surface area contributed by atoms with Gasteiger partial charge in [-0.3, -0.25) is 4.90 Å². The van der Waals surface area contributed by atoms with Gasteiger partial charge in [0.1, 0.15) is 0 Å². The van der Waals surface area contributed by atoms with Crippen LogP contribution in [0.5, 0.6) is 0 Å². The predicted octanol–water partition coefficient (Wildman–Crippen LogP) is 4.54. The fourth-order valence-electron chi connectivity index (χ4n) is 5.16. The standard InChI is InChI=1S/C31H29N3O4S/c35-31(36)28-3-1-2-25(30(28)26-11-10-24-14-15-32-29(24)20-26)9-8-22-4-6-23(7-5-22)21-33-16-18-34(19-17-33)39(37,38)27-12-13-27/h1-7,10-11,14-15,20,27,32H,12-13,16-19,21H2,(H,35,36). The molecule has 2 aliphatic rings. The van der Waals surface area contributed by atoms with Gasteiger partial charge in [-0.15, -0.1) is 0 Å². The highest BCUT2D eigenvalue weighted by Crippen LogP contribution is 2.32. The highest BCUT2D eigenvalue weighted by Gasteiger charge is 2.40. The number of rotatable bonds is 6. The molecule has 1 aliphatic carbocycles.